The third-order valence-electron chi connectivity index (χ3n) is 3.56. The lowest BCUT2D eigenvalue weighted by atomic mass is 9.99. The van der Waals surface area contributed by atoms with Crippen LogP contribution >= 0.6 is 0 Å². The van der Waals surface area contributed by atoms with E-state index in [4.69, 9.17) is 4.74 Å². The van der Waals surface area contributed by atoms with Crippen molar-refractivity contribution in [3.8, 4) is 0 Å². The number of benzene rings is 1. The van der Waals surface area contributed by atoms with Gasteiger partial charge >= 0.3 is 0 Å². The van der Waals surface area contributed by atoms with E-state index in [-0.39, 0.29) is 0 Å². The van der Waals surface area contributed by atoms with Crippen LogP contribution in [0.3, 0.4) is 0 Å². The molecule has 1 nitrogen and oxygen atoms in total. The van der Waals surface area contributed by atoms with Crippen LogP contribution in [0.4, 0.5) is 0 Å². The van der Waals surface area contributed by atoms with Crippen LogP contribution in [-0.4, -0.2) is 7.11 Å². The van der Waals surface area contributed by atoms with Crippen molar-refractivity contribution in [3.05, 3.63) is 71.0 Å². The SMILES string of the molecule is C=C(OC)c1ccc2cccc(C)ccc(=C)c1c2C. The van der Waals surface area contributed by atoms with Crippen LogP contribution in [0.15, 0.2) is 49.0 Å². The van der Waals surface area contributed by atoms with Gasteiger partial charge in [0.2, 0.25) is 0 Å². The van der Waals surface area contributed by atoms with Crippen molar-refractivity contribution in [2.45, 2.75) is 13.8 Å². The van der Waals surface area contributed by atoms with E-state index in [1.54, 1.807) is 7.11 Å². The molecular weight excluding hydrogens is 244 g/mol. The van der Waals surface area contributed by atoms with Crippen molar-refractivity contribution >= 4 is 23.1 Å². The highest BCUT2D eigenvalue weighted by atomic mass is 16.5. The fourth-order valence-electron chi connectivity index (χ4n) is 2.34. The van der Waals surface area contributed by atoms with E-state index >= 15 is 0 Å². The van der Waals surface area contributed by atoms with Gasteiger partial charge in [0.05, 0.1) is 7.11 Å². The van der Waals surface area contributed by atoms with Gasteiger partial charge in [0.1, 0.15) is 5.76 Å². The molecule has 102 valence electrons. The maximum atomic E-state index is 5.31. The molecule has 0 N–H and O–H groups in total. The maximum absolute atomic E-state index is 5.31. The fraction of sp³-hybridized carbons (Fsp3) is 0.158. The second-order valence-electron chi connectivity index (χ2n) is 4.96. The number of rotatable bonds is 2. The van der Waals surface area contributed by atoms with Crippen molar-refractivity contribution in [2.75, 3.05) is 7.11 Å². The third-order valence-corrected chi connectivity index (χ3v) is 3.56. The van der Waals surface area contributed by atoms with Gasteiger partial charge in [0.15, 0.2) is 0 Å². The number of fused-ring (bicyclic) bond motifs is 2. The molecule has 0 unspecified atom stereocenters. The van der Waals surface area contributed by atoms with Crippen LogP contribution in [0.1, 0.15) is 16.7 Å². The predicted octanol–water partition coefficient (Wildman–Crippen LogP) is 4.33. The van der Waals surface area contributed by atoms with Gasteiger partial charge < -0.3 is 4.74 Å². The van der Waals surface area contributed by atoms with Gasteiger partial charge in [-0.2, -0.15) is 0 Å². The zero-order valence-corrected chi connectivity index (χ0v) is 12.4. The molecule has 0 saturated carbocycles. The summed E-state index contributed by atoms with van der Waals surface area (Å²) in [5.74, 6) is 0.664. The van der Waals surface area contributed by atoms with Gasteiger partial charge in [-0.25, -0.2) is 0 Å². The zero-order valence-electron chi connectivity index (χ0n) is 12.4. The van der Waals surface area contributed by atoms with Crippen LogP contribution in [0.25, 0.3) is 23.1 Å². The van der Waals surface area contributed by atoms with E-state index in [1.165, 1.54) is 16.5 Å². The normalized spacial score (nSPS) is 10.2. The standard InChI is InChI=1S/C19H20O/c1-13-7-6-8-17-11-12-18(16(4)20-5)19(15(17)3)14(2)10-9-13/h6-12H,2,4H2,1,3,5H3. The van der Waals surface area contributed by atoms with Crippen molar-refractivity contribution < 1.29 is 4.74 Å². The van der Waals surface area contributed by atoms with Gasteiger partial charge in [0, 0.05) is 5.56 Å². The summed E-state index contributed by atoms with van der Waals surface area (Å²) in [6.45, 7) is 12.4. The molecule has 0 fully saturated rings. The molecule has 2 aromatic rings. The average molecular weight is 264 g/mol. The van der Waals surface area contributed by atoms with Crippen molar-refractivity contribution in [1.29, 1.82) is 0 Å². The average Bonchev–Trinajstić information content (AvgIpc) is 2.44. The quantitative estimate of drug-likeness (QED) is 0.734. The van der Waals surface area contributed by atoms with Gasteiger partial charge in [-0.05, 0) is 35.4 Å². The first kappa shape index (κ1) is 14.1. The summed E-state index contributed by atoms with van der Waals surface area (Å²) in [6.07, 6.45) is 0. The first-order valence-corrected chi connectivity index (χ1v) is 6.63. The number of hydrogen-bond acceptors (Lipinski definition) is 1. The smallest absolute Gasteiger partial charge is 0.119 e. The summed E-state index contributed by atoms with van der Waals surface area (Å²) in [6, 6.07) is 14.5. The second-order valence-corrected chi connectivity index (χ2v) is 4.96. The topological polar surface area (TPSA) is 9.23 Å². The molecule has 0 aliphatic carbocycles. The van der Waals surface area contributed by atoms with E-state index in [9.17, 15) is 0 Å². The highest BCUT2D eigenvalue weighted by Crippen LogP contribution is 2.23. The molecule has 2 aromatic carbocycles. The monoisotopic (exact) mass is 264 g/mol. The Morgan fingerprint density at radius 2 is 1.75 bits per heavy atom. The number of ether oxygens (including phenoxy) is 1. The third kappa shape index (κ3) is 2.67. The molecule has 0 aliphatic heterocycles. The largest absolute Gasteiger partial charge is 0.497 e. The van der Waals surface area contributed by atoms with Crippen LogP contribution in [-0.2, 0) is 4.74 Å². The first-order valence-electron chi connectivity index (χ1n) is 6.63. The van der Waals surface area contributed by atoms with Gasteiger partial charge in [0.25, 0.3) is 0 Å². The Hall–Kier alpha value is -2.28. The molecule has 2 bridgehead atoms. The lowest BCUT2D eigenvalue weighted by molar-refractivity contribution is 0.372. The highest BCUT2D eigenvalue weighted by molar-refractivity contribution is 5.86. The molecule has 0 aliphatic rings. The molecule has 0 radical (unpaired) electrons. The zero-order chi connectivity index (χ0) is 14.7. The van der Waals surface area contributed by atoms with E-state index < -0.39 is 0 Å². The molecule has 20 heavy (non-hydrogen) atoms. The number of methoxy groups -OCH3 is 1. The molecule has 0 saturated heterocycles. The first-order chi connectivity index (χ1) is 9.54. The summed E-state index contributed by atoms with van der Waals surface area (Å²) in [4.78, 5) is 0. The van der Waals surface area contributed by atoms with E-state index in [0.29, 0.717) is 5.76 Å². The Balaban J connectivity index is 3.00. The van der Waals surface area contributed by atoms with Crippen LogP contribution in [0, 0.1) is 13.8 Å². The molecule has 1 heteroatoms. The second kappa shape index (κ2) is 5.79. The Labute approximate surface area is 120 Å². The molecule has 0 atom stereocenters. The Kier molecular flexibility index (Phi) is 4.09. The van der Waals surface area contributed by atoms with Gasteiger partial charge in [-0.1, -0.05) is 61.2 Å². The summed E-state index contributed by atoms with van der Waals surface area (Å²) in [7, 11) is 1.64. The predicted molar refractivity (Wildman–Crippen MR) is 87.8 cm³/mol. The molecular formula is C19H20O. The minimum Gasteiger partial charge on any atom is -0.497 e. The number of aryl methyl sites for hydroxylation is 2. The minimum absolute atomic E-state index is 0.664. The Bertz CT molecular complexity index is 755. The van der Waals surface area contributed by atoms with E-state index in [0.717, 1.165) is 16.2 Å². The summed E-state index contributed by atoms with van der Waals surface area (Å²) < 4.78 is 5.31. The molecule has 0 amide bonds. The molecule has 0 aromatic heterocycles. The fourth-order valence-corrected chi connectivity index (χ4v) is 2.34. The number of hydrogen-bond donors (Lipinski definition) is 0. The highest BCUT2D eigenvalue weighted by Gasteiger charge is 2.06. The lowest BCUT2D eigenvalue weighted by Gasteiger charge is -2.10. The van der Waals surface area contributed by atoms with Crippen molar-refractivity contribution in [3.63, 3.8) is 0 Å². The molecule has 2 rings (SSSR count). The summed E-state index contributed by atoms with van der Waals surface area (Å²) in [5, 5.41) is 3.26. The van der Waals surface area contributed by atoms with E-state index in [2.05, 4.69) is 57.3 Å². The maximum Gasteiger partial charge on any atom is 0.119 e. The molecule has 0 spiro atoms. The van der Waals surface area contributed by atoms with Crippen LogP contribution in [0.2, 0.25) is 0 Å². The van der Waals surface area contributed by atoms with Gasteiger partial charge in [-0.3, -0.25) is 0 Å². The summed E-state index contributed by atoms with van der Waals surface area (Å²) in [5.41, 5.74) is 3.39. The summed E-state index contributed by atoms with van der Waals surface area (Å²) >= 11 is 0. The lowest BCUT2D eigenvalue weighted by Crippen LogP contribution is -2.02. The van der Waals surface area contributed by atoms with Crippen LogP contribution < -0.4 is 5.22 Å². The van der Waals surface area contributed by atoms with Crippen molar-refractivity contribution in [2.24, 2.45) is 0 Å². The Morgan fingerprint density at radius 3 is 2.45 bits per heavy atom. The van der Waals surface area contributed by atoms with Crippen LogP contribution in [0.5, 0.6) is 0 Å². The van der Waals surface area contributed by atoms with Gasteiger partial charge in [-0.15, -0.1) is 0 Å². The van der Waals surface area contributed by atoms with E-state index in [1.807, 2.05) is 12.1 Å². The van der Waals surface area contributed by atoms with Crippen molar-refractivity contribution in [1.82, 2.24) is 0 Å². The Morgan fingerprint density at radius 1 is 1.00 bits per heavy atom. The molecule has 0 heterocycles. The minimum atomic E-state index is 0.664.